The average Bonchev–Trinajstić information content (AvgIpc) is 2.48. The van der Waals surface area contributed by atoms with Crippen LogP contribution in [0.5, 0.6) is 0 Å². The molecule has 0 saturated carbocycles. The normalized spacial score (nSPS) is 21.9. The maximum atomic E-state index is 6.13. The van der Waals surface area contributed by atoms with Gasteiger partial charge in [-0.3, -0.25) is 0 Å². The van der Waals surface area contributed by atoms with Crippen molar-refractivity contribution in [3.63, 3.8) is 0 Å². The van der Waals surface area contributed by atoms with Crippen LogP contribution in [0.4, 0.5) is 0 Å². The molecule has 1 heterocycles. The lowest BCUT2D eigenvalue weighted by Gasteiger charge is -2.39. The monoisotopic (exact) mass is 266 g/mol. The van der Waals surface area contributed by atoms with Crippen LogP contribution in [0.15, 0.2) is 0 Å². The van der Waals surface area contributed by atoms with Crippen LogP contribution in [0.1, 0.15) is 72.1 Å². The minimum atomic E-state index is -0.114. The van der Waals surface area contributed by atoms with Crippen LogP contribution < -0.4 is 0 Å². The first-order valence-corrected chi connectivity index (χ1v) is 7.95. The Balaban J connectivity index is 2.69. The van der Waals surface area contributed by atoms with Gasteiger partial charge in [-0.15, -0.1) is 6.42 Å². The van der Waals surface area contributed by atoms with Gasteiger partial charge in [-0.05, 0) is 38.5 Å². The number of ether oxygens (including phenoxy) is 2. The molecule has 1 aliphatic rings. The van der Waals surface area contributed by atoms with Crippen LogP contribution in [0, 0.1) is 17.8 Å². The smallest absolute Gasteiger partial charge is 0.159 e. The molecule has 0 aromatic heterocycles. The van der Waals surface area contributed by atoms with Crippen LogP contribution in [0.25, 0.3) is 0 Å². The Labute approximate surface area is 119 Å². The van der Waals surface area contributed by atoms with Crippen molar-refractivity contribution in [2.45, 2.75) is 84.5 Å². The Bertz CT molecular complexity index is 269. The number of hydrogen-bond acceptors (Lipinski definition) is 2. The van der Waals surface area contributed by atoms with Crippen LogP contribution in [0.3, 0.4) is 0 Å². The summed E-state index contributed by atoms with van der Waals surface area (Å²) in [5, 5.41) is 0. The van der Waals surface area contributed by atoms with Crippen LogP contribution >= 0.6 is 0 Å². The van der Waals surface area contributed by atoms with E-state index in [0.717, 1.165) is 38.7 Å². The van der Waals surface area contributed by atoms with Gasteiger partial charge in [0.25, 0.3) is 0 Å². The predicted octanol–water partition coefficient (Wildman–Crippen LogP) is 4.53. The summed E-state index contributed by atoms with van der Waals surface area (Å²) in [6.45, 7) is 7.50. The Hall–Kier alpha value is -0.520. The third-order valence-corrected chi connectivity index (χ3v) is 4.57. The minimum absolute atomic E-state index is 0.0890. The van der Waals surface area contributed by atoms with Crippen molar-refractivity contribution in [2.75, 3.05) is 6.61 Å². The van der Waals surface area contributed by atoms with E-state index in [9.17, 15) is 0 Å². The van der Waals surface area contributed by atoms with Crippen LogP contribution in [-0.2, 0) is 9.47 Å². The van der Waals surface area contributed by atoms with E-state index >= 15 is 0 Å². The fourth-order valence-electron chi connectivity index (χ4n) is 2.96. The van der Waals surface area contributed by atoms with Crippen LogP contribution in [0.2, 0.25) is 0 Å². The van der Waals surface area contributed by atoms with Gasteiger partial charge < -0.3 is 9.47 Å². The molecule has 1 rings (SSSR count). The van der Waals surface area contributed by atoms with Crippen molar-refractivity contribution in [1.29, 1.82) is 0 Å². The van der Waals surface area contributed by atoms with Crippen molar-refractivity contribution >= 4 is 0 Å². The molecule has 110 valence electrons. The minimum Gasteiger partial charge on any atom is -0.353 e. The van der Waals surface area contributed by atoms with Gasteiger partial charge in [0.05, 0.1) is 0 Å². The summed E-state index contributed by atoms with van der Waals surface area (Å²) in [6.07, 6.45) is 14.6. The highest BCUT2D eigenvalue weighted by Crippen LogP contribution is 2.39. The molecule has 1 aliphatic heterocycles. The third kappa shape index (κ3) is 4.51. The van der Waals surface area contributed by atoms with E-state index < -0.39 is 0 Å². The highest BCUT2D eigenvalue weighted by molar-refractivity contribution is 5.05. The summed E-state index contributed by atoms with van der Waals surface area (Å²) >= 11 is 0. The van der Waals surface area contributed by atoms with Crippen molar-refractivity contribution in [2.24, 2.45) is 5.41 Å². The second-order valence-corrected chi connectivity index (χ2v) is 5.65. The van der Waals surface area contributed by atoms with Crippen molar-refractivity contribution in [1.82, 2.24) is 0 Å². The first-order valence-electron chi connectivity index (χ1n) is 7.95. The SMILES string of the molecule is C#CC(OC1CCCCO1)C(CC)(CC)CCCC. The maximum Gasteiger partial charge on any atom is 0.159 e. The molecule has 2 unspecified atom stereocenters. The Morgan fingerprint density at radius 2 is 2.05 bits per heavy atom. The van der Waals surface area contributed by atoms with E-state index in [0.29, 0.717) is 0 Å². The molecule has 0 aromatic rings. The van der Waals surface area contributed by atoms with E-state index in [-0.39, 0.29) is 17.8 Å². The van der Waals surface area contributed by atoms with Crippen molar-refractivity contribution < 1.29 is 9.47 Å². The second kappa shape index (κ2) is 8.61. The molecule has 0 spiro atoms. The van der Waals surface area contributed by atoms with Gasteiger partial charge in [-0.1, -0.05) is 39.5 Å². The molecule has 0 aromatic carbocycles. The molecule has 2 nitrogen and oxygen atoms in total. The summed E-state index contributed by atoms with van der Waals surface area (Å²) < 4.78 is 11.8. The molecule has 1 saturated heterocycles. The largest absolute Gasteiger partial charge is 0.353 e. The summed E-state index contributed by atoms with van der Waals surface area (Å²) in [5.41, 5.74) is 0.117. The van der Waals surface area contributed by atoms with Gasteiger partial charge in [0.1, 0.15) is 6.10 Å². The van der Waals surface area contributed by atoms with Crippen LogP contribution in [-0.4, -0.2) is 19.0 Å². The van der Waals surface area contributed by atoms with E-state index in [1.54, 1.807) is 0 Å². The predicted molar refractivity (Wildman–Crippen MR) is 79.8 cm³/mol. The standard InChI is InChI=1S/C17H30O2/c1-5-9-13-17(7-3,8-4)15(6-2)19-16-12-10-11-14-18-16/h2,15-16H,5,7-14H2,1,3-4H3. The van der Waals surface area contributed by atoms with Gasteiger partial charge in [0.2, 0.25) is 0 Å². The van der Waals surface area contributed by atoms with Crippen molar-refractivity contribution in [3.8, 4) is 12.3 Å². The zero-order valence-corrected chi connectivity index (χ0v) is 12.9. The summed E-state index contributed by atoms with van der Waals surface area (Å²) in [7, 11) is 0. The summed E-state index contributed by atoms with van der Waals surface area (Å²) in [6, 6.07) is 0. The molecular weight excluding hydrogens is 236 g/mol. The summed E-state index contributed by atoms with van der Waals surface area (Å²) in [4.78, 5) is 0. The van der Waals surface area contributed by atoms with Gasteiger partial charge in [-0.2, -0.15) is 0 Å². The maximum absolute atomic E-state index is 6.13. The molecule has 0 radical (unpaired) electrons. The zero-order valence-electron chi connectivity index (χ0n) is 12.9. The Morgan fingerprint density at radius 3 is 2.53 bits per heavy atom. The highest BCUT2D eigenvalue weighted by atomic mass is 16.7. The lowest BCUT2D eigenvalue weighted by molar-refractivity contribution is -0.200. The molecule has 1 fully saturated rings. The average molecular weight is 266 g/mol. The third-order valence-electron chi connectivity index (χ3n) is 4.57. The fraction of sp³-hybridized carbons (Fsp3) is 0.882. The lowest BCUT2D eigenvalue weighted by Crippen LogP contribution is -2.39. The van der Waals surface area contributed by atoms with E-state index in [2.05, 4.69) is 26.7 Å². The number of hydrogen-bond donors (Lipinski definition) is 0. The Morgan fingerprint density at radius 1 is 1.32 bits per heavy atom. The van der Waals surface area contributed by atoms with Gasteiger partial charge >= 0.3 is 0 Å². The second-order valence-electron chi connectivity index (χ2n) is 5.65. The number of unbranched alkanes of at least 4 members (excludes halogenated alkanes) is 1. The first kappa shape index (κ1) is 16.5. The molecule has 2 atom stereocenters. The fourth-order valence-corrected chi connectivity index (χ4v) is 2.96. The lowest BCUT2D eigenvalue weighted by atomic mass is 9.73. The molecule has 0 bridgehead atoms. The highest BCUT2D eigenvalue weighted by Gasteiger charge is 2.36. The van der Waals surface area contributed by atoms with E-state index in [1.807, 2.05) is 0 Å². The van der Waals surface area contributed by atoms with Gasteiger partial charge in [-0.25, -0.2) is 0 Å². The summed E-state index contributed by atoms with van der Waals surface area (Å²) in [5.74, 6) is 2.90. The zero-order chi connectivity index (χ0) is 14.1. The molecule has 0 amide bonds. The molecule has 2 heteroatoms. The topological polar surface area (TPSA) is 18.5 Å². The number of terminal acetylenes is 1. The molecule has 0 aliphatic carbocycles. The van der Waals surface area contributed by atoms with Crippen molar-refractivity contribution in [3.05, 3.63) is 0 Å². The molecule has 19 heavy (non-hydrogen) atoms. The quantitative estimate of drug-likeness (QED) is 0.601. The van der Waals surface area contributed by atoms with E-state index in [1.165, 1.54) is 19.3 Å². The first-order chi connectivity index (χ1) is 9.22. The van der Waals surface area contributed by atoms with E-state index in [4.69, 9.17) is 15.9 Å². The molecular formula is C17H30O2. The van der Waals surface area contributed by atoms with Gasteiger partial charge in [0, 0.05) is 12.0 Å². The number of rotatable bonds is 8. The Kier molecular flexibility index (Phi) is 7.49. The van der Waals surface area contributed by atoms with Gasteiger partial charge in [0.15, 0.2) is 6.29 Å². The molecule has 0 N–H and O–H groups in total.